The minimum atomic E-state index is -0.0296. The van der Waals surface area contributed by atoms with Crippen molar-refractivity contribution < 1.29 is 9.53 Å². The predicted molar refractivity (Wildman–Crippen MR) is 95.6 cm³/mol. The topological polar surface area (TPSA) is 44.8 Å². The van der Waals surface area contributed by atoms with Crippen molar-refractivity contribution in [2.24, 2.45) is 0 Å². The summed E-state index contributed by atoms with van der Waals surface area (Å²) >= 11 is 5.86. The number of benzene rings is 1. The molecule has 5 nitrogen and oxygen atoms in total. The molecule has 3 rings (SSSR count). The monoisotopic (exact) mass is 351 g/mol. The summed E-state index contributed by atoms with van der Waals surface area (Å²) in [7, 11) is 0. The van der Waals surface area contributed by atoms with Gasteiger partial charge in [-0.15, -0.1) is 0 Å². The lowest BCUT2D eigenvalue weighted by Crippen LogP contribution is -2.54. The summed E-state index contributed by atoms with van der Waals surface area (Å²) in [6.07, 6.45) is 2.28. The summed E-state index contributed by atoms with van der Waals surface area (Å²) in [5.41, 5.74) is 0. The van der Waals surface area contributed by atoms with E-state index in [0.717, 1.165) is 56.3 Å². The third kappa shape index (κ3) is 5.10. The number of nitrogens with one attached hydrogen (secondary N) is 1. The molecule has 1 amide bonds. The van der Waals surface area contributed by atoms with Gasteiger partial charge in [-0.1, -0.05) is 11.6 Å². The summed E-state index contributed by atoms with van der Waals surface area (Å²) < 4.78 is 5.75. The number of hydrogen-bond donors (Lipinski definition) is 1. The first-order valence-corrected chi connectivity index (χ1v) is 9.15. The first-order valence-electron chi connectivity index (χ1n) is 8.77. The molecule has 1 saturated carbocycles. The molecule has 1 aliphatic carbocycles. The maximum absolute atomic E-state index is 12.1. The van der Waals surface area contributed by atoms with E-state index in [9.17, 15) is 4.79 Å². The first-order chi connectivity index (χ1) is 11.6. The molecule has 1 heterocycles. The molecule has 1 saturated heterocycles. The van der Waals surface area contributed by atoms with Crippen molar-refractivity contribution >= 4 is 17.5 Å². The standard InChI is InChI=1S/C18H26ClN3O2/c1-14(18(23)20-16-4-5-16)22-10-8-21(9-11-22)12-13-24-17-6-2-15(19)3-7-17/h2-3,6-7,14,16H,4-5,8-13H2,1H3,(H,20,23). The number of ether oxygens (including phenoxy) is 1. The lowest BCUT2D eigenvalue weighted by molar-refractivity contribution is -0.126. The highest BCUT2D eigenvalue weighted by Crippen LogP contribution is 2.19. The third-order valence-corrected chi connectivity index (χ3v) is 5.00. The van der Waals surface area contributed by atoms with Crippen LogP contribution in [0.1, 0.15) is 19.8 Å². The molecule has 24 heavy (non-hydrogen) atoms. The fourth-order valence-electron chi connectivity index (χ4n) is 2.91. The smallest absolute Gasteiger partial charge is 0.237 e. The third-order valence-electron chi connectivity index (χ3n) is 4.75. The molecular formula is C18H26ClN3O2. The number of halogens is 1. The van der Waals surface area contributed by atoms with Crippen molar-refractivity contribution in [2.45, 2.75) is 31.8 Å². The van der Waals surface area contributed by atoms with Crippen LogP contribution in [0.2, 0.25) is 5.02 Å². The summed E-state index contributed by atoms with van der Waals surface area (Å²) in [5, 5.41) is 3.82. The number of nitrogens with zero attached hydrogens (tertiary/aromatic N) is 2. The Kier molecular flexibility index (Phi) is 5.98. The van der Waals surface area contributed by atoms with Crippen LogP contribution in [0.5, 0.6) is 5.75 Å². The first kappa shape index (κ1) is 17.5. The van der Waals surface area contributed by atoms with Gasteiger partial charge in [0.1, 0.15) is 12.4 Å². The predicted octanol–water partition coefficient (Wildman–Crippen LogP) is 2.00. The summed E-state index contributed by atoms with van der Waals surface area (Å²) in [5.74, 6) is 1.03. The van der Waals surface area contributed by atoms with Gasteiger partial charge in [0.05, 0.1) is 6.04 Å². The van der Waals surface area contributed by atoms with Gasteiger partial charge in [-0.3, -0.25) is 14.6 Å². The van der Waals surface area contributed by atoms with E-state index in [2.05, 4.69) is 15.1 Å². The van der Waals surface area contributed by atoms with Gasteiger partial charge in [-0.2, -0.15) is 0 Å². The summed E-state index contributed by atoms with van der Waals surface area (Å²) in [6.45, 7) is 7.39. The summed E-state index contributed by atoms with van der Waals surface area (Å²) in [4.78, 5) is 16.8. The Morgan fingerprint density at radius 2 is 1.92 bits per heavy atom. The highest BCUT2D eigenvalue weighted by molar-refractivity contribution is 6.30. The molecule has 0 aromatic heterocycles. The Hall–Kier alpha value is -1.30. The molecule has 132 valence electrons. The summed E-state index contributed by atoms with van der Waals surface area (Å²) in [6, 6.07) is 7.86. The van der Waals surface area contributed by atoms with E-state index >= 15 is 0 Å². The molecule has 2 fully saturated rings. The molecule has 1 atom stereocenters. The van der Waals surface area contributed by atoms with Crippen molar-refractivity contribution in [1.82, 2.24) is 15.1 Å². The number of rotatable bonds is 7. The second-order valence-corrected chi connectivity index (χ2v) is 7.08. The van der Waals surface area contributed by atoms with E-state index in [1.807, 2.05) is 31.2 Å². The minimum Gasteiger partial charge on any atom is -0.492 e. The van der Waals surface area contributed by atoms with E-state index in [1.54, 1.807) is 0 Å². The zero-order chi connectivity index (χ0) is 16.9. The van der Waals surface area contributed by atoms with Crippen LogP contribution in [0.4, 0.5) is 0 Å². The molecule has 2 aliphatic rings. The number of amides is 1. The van der Waals surface area contributed by atoms with Gasteiger partial charge in [0, 0.05) is 43.8 Å². The molecule has 1 aliphatic heterocycles. The lowest BCUT2D eigenvalue weighted by atomic mass is 10.2. The van der Waals surface area contributed by atoms with Crippen molar-refractivity contribution in [2.75, 3.05) is 39.3 Å². The van der Waals surface area contributed by atoms with Crippen molar-refractivity contribution in [3.63, 3.8) is 0 Å². The van der Waals surface area contributed by atoms with Crippen LogP contribution in [0.3, 0.4) is 0 Å². The maximum atomic E-state index is 12.1. The largest absolute Gasteiger partial charge is 0.492 e. The second kappa shape index (κ2) is 8.19. The number of carbonyl (C=O) groups excluding carboxylic acids is 1. The molecule has 1 unspecified atom stereocenters. The Labute approximate surface area is 148 Å². The van der Waals surface area contributed by atoms with E-state index < -0.39 is 0 Å². The lowest BCUT2D eigenvalue weighted by Gasteiger charge is -2.37. The Bertz CT molecular complexity index is 540. The van der Waals surface area contributed by atoms with Gasteiger partial charge in [0.15, 0.2) is 0 Å². The van der Waals surface area contributed by atoms with Gasteiger partial charge in [0.25, 0.3) is 0 Å². The van der Waals surface area contributed by atoms with Crippen LogP contribution in [0.25, 0.3) is 0 Å². The molecule has 1 aromatic carbocycles. The zero-order valence-electron chi connectivity index (χ0n) is 14.2. The molecule has 0 bridgehead atoms. The van der Waals surface area contributed by atoms with Crippen LogP contribution in [-0.2, 0) is 4.79 Å². The average Bonchev–Trinajstić information content (AvgIpc) is 3.40. The van der Waals surface area contributed by atoms with Crippen LogP contribution in [0.15, 0.2) is 24.3 Å². The van der Waals surface area contributed by atoms with Crippen LogP contribution in [-0.4, -0.2) is 67.1 Å². The van der Waals surface area contributed by atoms with Crippen molar-refractivity contribution in [3.05, 3.63) is 29.3 Å². The van der Waals surface area contributed by atoms with Gasteiger partial charge in [-0.25, -0.2) is 0 Å². The van der Waals surface area contributed by atoms with E-state index in [1.165, 1.54) is 0 Å². The van der Waals surface area contributed by atoms with Crippen molar-refractivity contribution in [1.29, 1.82) is 0 Å². The van der Waals surface area contributed by atoms with Gasteiger partial charge < -0.3 is 10.1 Å². The van der Waals surface area contributed by atoms with Crippen molar-refractivity contribution in [3.8, 4) is 5.75 Å². The molecule has 6 heteroatoms. The van der Waals surface area contributed by atoms with Crippen LogP contribution >= 0.6 is 11.6 Å². The van der Waals surface area contributed by atoms with Gasteiger partial charge in [0.2, 0.25) is 5.91 Å². The SMILES string of the molecule is CC(C(=O)NC1CC1)N1CCN(CCOc2ccc(Cl)cc2)CC1. The highest BCUT2D eigenvalue weighted by Gasteiger charge is 2.29. The fourth-order valence-corrected chi connectivity index (χ4v) is 3.04. The minimum absolute atomic E-state index is 0.0296. The molecule has 1 N–H and O–H groups in total. The van der Waals surface area contributed by atoms with Gasteiger partial charge >= 0.3 is 0 Å². The highest BCUT2D eigenvalue weighted by atomic mass is 35.5. The van der Waals surface area contributed by atoms with Crippen LogP contribution in [0, 0.1) is 0 Å². The fraction of sp³-hybridized carbons (Fsp3) is 0.611. The Morgan fingerprint density at radius 1 is 1.25 bits per heavy atom. The quantitative estimate of drug-likeness (QED) is 0.816. The average molecular weight is 352 g/mol. The number of carbonyl (C=O) groups is 1. The molecule has 1 aromatic rings. The maximum Gasteiger partial charge on any atom is 0.237 e. The number of piperazine rings is 1. The Morgan fingerprint density at radius 3 is 2.54 bits per heavy atom. The Balaban J connectivity index is 1.34. The molecule has 0 radical (unpaired) electrons. The van der Waals surface area contributed by atoms with E-state index in [-0.39, 0.29) is 11.9 Å². The van der Waals surface area contributed by atoms with Gasteiger partial charge in [-0.05, 0) is 44.0 Å². The molecular weight excluding hydrogens is 326 g/mol. The molecule has 0 spiro atoms. The number of hydrogen-bond acceptors (Lipinski definition) is 4. The van der Waals surface area contributed by atoms with Crippen LogP contribution < -0.4 is 10.1 Å². The van der Waals surface area contributed by atoms with E-state index in [0.29, 0.717) is 12.6 Å². The zero-order valence-corrected chi connectivity index (χ0v) is 15.0. The normalized spacial score (nSPS) is 20.6. The van der Waals surface area contributed by atoms with E-state index in [4.69, 9.17) is 16.3 Å². The second-order valence-electron chi connectivity index (χ2n) is 6.64.